The van der Waals surface area contributed by atoms with Crippen molar-refractivity contribution in [2.75, 3.05) is 7.11 Å². The summed E-state index contributed by atoms with van der Waals surface area (Å²) < 4.78 is 18.8. The molecule has 3 N–H and O–H groups in total. The Morgan fingerprint density at radius 2 is 2.00 bits per heavy atom. The number of nitrogens with two attached hydrogens (primary N) is 1. The molecule has 0 heterocycles. The summed E-state index contributed by atoms with van der Waals surface area (Å²) in [4.78, 5) is 0. The van der Waals surface area contributed by atoms with Gasteiger partial charge in [0.1, 0.15) is 11.6 Å². The highest BCUT2D eigenvalue weighted by atomic mass is 19.1. The topological polar surface area (TPSA) is 47.3 Å². The lowest BCUT2D eigenvalue weighted by Gasteiger charge is -2.33. The molecule has 0 aromatic heterocycles. The Labute approximate surface area is 114 Å². The van der Waals surface area contributed by atoms with E-state index in [1.54, 1.807) is 13.2 Å². The van der Waals surface area contributed by atoms with E-state index in [-0.39, 0.29) is 11.9 Å². The Morgan fingerprint density at radius 3 is 2.58 bits per heavy atom. The van der Waals surface area contributed by atoms with Gasteiger partial charge >= 0.3 is 0 Å². The summed E-state index contributed by atoms with van der Waals surface area (Å²) >= 11 is 0. The zero-order valence-electron chi connectivity index (χ0n) is 11.7. The highest BCUT2D eigenvalue weighted by Crippen LogP contribution is 2.39. The monoisotopic (exact) mass is 266 g/mol. The number of methoxy groups -OCH3 is 1. The molecule has 1 aliphatic carbocycles. The Kier molecular flexibility index (Phi) is 4.77. The molecule has 0 radical (unpaired) electrons. The van der Waals surface area contributed by atoms with E-state index in [4.69, 9.17) is 10.6 Å². The molecule has 1 aliphatic rings. The molecule has 4 heteroatoms. The fourth-order valence-corrected chi connectivity index (χ4v) is 3.05. The van der Waals surface area contributed by atoms with Crippen molar-refractivity contribution in [1.29, 1.82) is 0 Å². The van der Waals surface area contributed by atoms with E-state index in [1.165, 1.54) is 25.0 Å². The van der Waals surface area contributed by atoms with Crippen molar-refractivity contribution in [3.8, 4) is 5.75 Å². The quantitative estimate of drug-likeness (QED) is 0.650. The van der Waals surface area contributed by atoms with E-state index in [2.05, 4.69) is 12.3 Å². The van der Waals surface area contributed by atoms with Gasteiger partial charge in [-0.15, -0.1) is 0 Å². The van der Waals surface area contributed by atoms with Gasteiger partial charge in [0.15, 0.2) is 0 Å². The van der Waals surface area contributed by atoms with E-state index < -0.39 is 0 Å². The van der Waals surface area contributed by atoms with Crippen LogP contribution >= 0.6 is 0 Å². The number of nitrogens with one attached hydrogen (secondary N) is 1. The third kappa shape index (κ3) is 3.25. The first-order valence-electron chi connectivity index (χ1n) is 6.95. The first kappa shape index (κ1) is 14.3. The molecule has 1 aromatic rings. The molecular weight excluding hydrogens is 243 g/mol. The highest BCUT2D eigenvalue weighted by Gasteiger charge is 2.28. The van der Waals surface area contributed by atoms with Gasteiger partial charge in [-0.1, -0.05) is 19.8 Å². The van der Waals surface area contributed by atoms with Gasteiger partial charge in [-0.3, -0.25) is 11.3 Å². The average molecular weight is 266 g/mol. The maximum atomic E-state index is 13.5. The Hall–Kier alpha value is -1.13. The Bertz CT molecular complexity index is 417. The maximum Gasteiger partial charge on any atom is 0.123 e. The molecule has 1 saturated carbocycles. The first-order chi connectivity index (χ1) is 9.15. The van der Waals surface area contributed by atoms with Crippen molar-refractivity contribution in [1.82, 2.24) is 5.43 Å². The number of hydrogen-bond acceptors (Lipinski definition) is 3. The molecule has 0 spiro atoms. The minimum atomic E-state index is -0.250. The van der Waals surface area contributed by atoms with Crippen LogP contribution in [0.3, 0.4) is 0 Å². The van der Waals surface area contributed by atoms with Crippen LogP contribution in [-0.4, -0.2) is 7.11 Å². The molecule has 19 heavy (non-hydrogen) atoms. The van der Waals surface area contributed by atoms with E-state index in [0.717, 1.165) is 24.3 Å². The Balaban J connectivity index is 2.23. The molecule has 0 aliphatic heterocycles. The lowest BCUT2D eigenvalue weighted by molar-refractivity contribution is 0.228. The third-order valence-electron chi connectivity index (χ3n) is 4.24. The molecule has 106 valence electrons. The smallest absolute Gasteiger partial charge is 0.123 e. The standard InChI is InChI=1S/C15H23FN2O/c1-10-3-5-11(6-4-10)15(18-17)13-9-12(16)7-8-14(13)19-2/h7-11,15,18H,3-6,17H2,1-2H3. The summed E-state index contributed by atoms with van der Waals surface area (Å²) in [5, 5.41) is 0. The number of halogens is 1. The van der Waals surface area contributed by atoms with E-state index in [9.17, 15) is 4.39 Å². The summed E-state index contributed by atoms with van der Waals surface area (Å²) in [6.45, 7) is 2.28. The van der Waals surface area contributed by atoms with Crippen LogP contribution in [-0.2, 0) is 0 Å². The number of hydrazine groups is 1. The number of hydrogen-bond donors (Lipinski definition) is 2. The van der Waals surface area contributed by atoms with Crippen LogP contribution in [0.2, 0.25) is 0 Å². The van der Waals surface area contributed by atoms with Crippen LogP contribution < -0.4 is 16.0 Å². The molecule has 0 amide bonds. The van der Waals surface area contributed by atoms with Crippen LogP contribution in [0.5, 0.6) is 5.75 Å². The number of benzene rings is 1. The van der Waals surface area contributed by atoms with Gasteiger partial charge in [0.05, 0.1) is 13.2 Å². The highest BCUT2D eigenvalue weighted by molar-refractivity contribution is 5.37. The summed E-state index contributed by atoms with van der Waals surface area (Å²) in [7, 11) is 1.60. The van der Waals surface area contributed by atoms with Crippen molar-refractivity contribution in [3.63, 3.8) is 0 Å². The maximum absolute atomic E-state index is 13.5. The molecule has 1 fully saturated rings. The van der Waals surface area contributed by atoms with Gasteiger partial charge in [0.25, 0.3) is 0 Å². The minimum Gasteiger partial charge on any atom is -0.496 e. The van der Waals surface area contributed by atoms with Crippen molar-refractivity contribution in [3.05, 3.63) is 29.6 Å². The van der Waals surface area contributed by atoms with Gasteiger partial charge < -0.3 is 4.74 Å². The number of ether oxygens (including phenoxy) is 1. The summed E-state index contributed by atoms with van der Waals surface area (Å²) in [6.07, 6.45) is 4.66. The third-order valence-corrected chi connectivity index (χ3v) is 4.24. The largest absolute Gasteiger partial charge is 0.496 e. The fraction of sp³-hybridized carbons (Fsp3) is 0.600. The van der Waals surface area contributed by atoms with Crippen LogP contribution in [0.1, 0.15) is 44.2 Å². The lowest BCUT2D eigenvalue weighted by atomic mass is 9.77. The molecule has 2 rings (SSSR count). The predicted molar refractivity (Wildman–Crippen MR) is 74.1 cm³/mol. The van der Waals surface area contributed by atoms with Gasteiger partial charge in [0.2, 0.25) is 0 Å². The van der Waals surface area contributed by atoms with Crippen LogP contribution in [0, 0.1) is 17.7 Å². The average Bonchev–Trinajstić information content (AvgIpc) is 2.42. The summed E-state index contributed by atoms with van der Waals surface area (Å²) in [5.74, 6) is 7.39. The normalized spacial score (nSPS) is 25.1. The van der Waals surface area contributed by atoms with Crippen LogP contribution in [0.4, 0.5) is 4.39 Å². The fourth-order valence-electron chi connectivity index (χ4n) is 3.05. The molecule has 0 bridgehead atoms. The zero-order chi connectivity index (χ0) is 13.8. The van der Waals surface area contributed by atoms with Crippen molar-refractivity contribution >= 4 is 0 Å². The molecule has 3 nitrogen and oxygen atoms in total. The molecule has 1 unspecified atom stereocenters. The second-order valence-corrected chi connectivity index (χ2v) is 5.55. The van der Waals surface area contributed by atoms with Crippen molar-refractivity contribution in [2.45, 2.75) is 38.6 Å². The van der Waals surface area contributed by atoms with E-state index >= 15 is 0 Å². The zero-order valence-corrected chi connectivity index (χ0v) is 11.7. The molecular formula is C15H23FN2O. The predicted octanol–water partition coefficient (Wildman–Crippen LogP) is 3.17. The van der Waals surface area contributed by atoms with Gasteiger partial charge in [0, 0.05) is 5.56 Å². The Morgan fingerprint density at radius 1 is 1.32 bits per heavy atom. The minimum absolute atomic E-state index is 0.0434. The molecule has 1 aromatic carbocycles. The van der Waals surface area contributed by atoms with Crippen LogP contribution in [0.15, 0.2) is 18.2 Å². The first-order valence-corrected chi connectivity index (χ1v) is 6.95. The summed E-state index contributed by atoms with van der Waals surface area (Å²) in [6, 6.07) is 4.57. The molecule has 0 saturated heterocycles. The lowest BCUT2D eigenvalue weighted by Crippen LogP contribution is -2.35. The van der Waals surface area contributed by atoms with Crippen molar-refractivity contribution in [2.24, 2.45) is 17.7 Å². The van der Waals surface area contributed by atoms with Crippen molar-refractivity contribution < 1.29 is 9.13 Å². The number of rotatable bonds is 4. The van der Waals surface area contributed by atoms with E-state index in [1.807, 2.05) is 0 Å². The van der Waals surface area contributed by atoms with Crippen LogP contribution in [0.25, 0.3) is 0 Å². The van der Waals surface area contributed by atoms with Gasteiger partial charge in [-0.25, -0.2) is 4.39 Å². The molecule has 1 atom stereocenters. The second-order valence-electron chi connectivity index (χ2n) is 5.55. The second kappa shape index (κ2) is 6.35. The van der Waals surface area contributed by atoms with E-state index in [0.29, 0.717) is 11.7 Å². The van der Waals surface area contributed by atoms with Gasteiger partial charge in [-0.05, 0) is 42.9 Å². The van der Waals surface area contributed by atoms with Gasteiger partial charge in [-0.2, -0.15) is 0 Å². The summed E-state index contributed by atoms with van der Waals surface area (Å²) in [5.41, 5.74) is 3.68. The SMILES string of the molecule is COc1ccc(F)cc1C(NN)C1CCC(C)CC1.